The number of hydrogen-bond donors (Lipinski definition) is 1. The first-order valence-electron chi connectivity index (χ1n) is 6.23. The summed E-state index contributed by atoms with van der Waals surface area (Å²) >= 11 is 1.81. The fourth-order valence-corrected chi connectivity index (χ4v) is 2.72. The molecule has 0 aliphatic carbocycles. The maximum absolute atomic E-state index is 5.79. The lowest BCUT2D eigenvalue weighted by atomic mass is 9.93. The van der Waals surface area contributed by atoms with Crippen LogP contribution >= 0.6 is 11.3 Å². The van der Waals surface area contributed by atoms with E-state index in [0.717, 1.165) is 26.2 Å². The third-order valence-electron chi connectivity index (χ3n) is 3.08. The average Bonchev–Trinajstić information content (AvgIpc) is 2.57. The fraction of sp³-hybridized carbons (Fsp3) is 0.769. The molecule has 0 aliphatic heterocycles. The second-order valence-electron chi connectivity index (χ2n) is 5.42. The highest BCUT2D eigenvalue weighted by atomic mass is 32.1. The maximum Gasteiger partial charge on any atom is 0.107 e. The second kappa shape index (κ2) is 5.94. The molecule has 0 saturated carbocycles. The van der Waals surface area contributed by atoms with E-state index in [9.17, 15) is 0 Å². The first-order chi connectivity index (χ1) is 7.88. The van der Waals surface area contributed by atoms with Crippen LogP contribution in [0, 0.1) is 19.3 Å². The van der Waals surface area contributed by atoms with Crippen molar-refractivity contribution in [2.24, 2.45) is 11.1 Å². The Morgan fingerprint density at radius 1 is 1.35 bits per heavy atom. The van der Waals surface area contributed by atoms with E-state index in [1.54, 1.807) is 0 Å². The van der Waals surface area contributed by atoms with E-state index in [2.05, 4.69) is 44.5 Å². The summed E-state index contributed by atoms with van der Waals surface area (Å²) in [4.78, 5) is 8.35. The molecule has 0 atom stereocenters. The Hall–Kier alpha value is -0.450. The van der Waals surface area contributed by atoms with Gasteiger partial charge < -0.3 is 5.73 Å². The Labute approximate surface area is 109 Å². The Bertz CT molecular complexity index is 338. The molecule has 0 unspecified atom stereocenters. The zero-order valence-corrected chi connectivity index (χ0v) is 12.5. The first-order valence-corrected chi connectivity index (χ1v) is 7.05. The number of rotatable bonds is 6. The smallest absolute Gasteiger partial charge is 0.107 e. The Kier molecular flexibility index (Phi) is 5.10. The molecule has 1 aromatic heterocycles. The summed E-state index contributed by atoms with van der Waals surface area (Å²) in [5.41, 5.74) is 7.14. The van der Waals surface area contributed by atoms with E-state index in [-0.39, 0.29) is 5.41 Å². The molecule has 4 heteroatoms. The molecule has 0 aliphatic rings. The summed E-state index contributed by atoms with van der Waals surface area (Å²) in [6, 6.07) is 0. The van der Waals surface area contributed by atoms with Crippen molar-refractivity contribution in [3.63, 3.8) is 0 Å². The number of nitrogens with two attached hydrogens (primary N) is 1. The van der Waals surface area contributed by atoms with Crippen LogP contribution in [0.3, 0.4) is 0 Å². The highest BCUT2D eigenvalue weighted by Gasteiger charge is 2.20. The van der Waals surface area contributed by atoms with Crippen molar-refractivity contribution in [3.05, 3.63) is 15.6 Å². The van der Waals surface area contributed by atoms with Crippen LogP contribution in [0.15, 0.2) is 0 Å². The van der Waals surface area contributed by atoms with Gasteiger partial charge in [-0.1, -0.05) is 20.8 Å². The van der Waals surface area contributed by atoms with E-state index in [1.807, 2.05) is 11.3 Å². The number of aryl methyl sites for hydroxylation is 2. The van der Waals surface area contributed by atoms with Crippen LogP contribution in [0.5, 0.6) is 0 Å². The molecule has 0 aromatic carbocycles. The summed E-state index contributed by atoms with van der Waals surface area (Å²) in [5, 5.41) is 1.22. The zero-order valence-electron chi connectivity index (χ0n) is 11.7. The summed E-state index contributed by atoms with van der Waals surface area (Å²) in [6.07, 6.45) is 0. The van der Waals surface area contributed by atoms with Gasteiger partial charge in [-0.25, -0.2) is 4.98 Å². The van der Waals surface area contributed by atoms with Crippen LogP contribution in [-0.4, -0.2) is 29.5 Å². The molecule has 1 aromatic rings. The molecule has 2 N–H and O–H groups in total. The van der Waals surface area contributed by atoms with E-state index < -0.39 is 0 Å². The predicted molar refractivity (Wildman–Crippen MR) is 75.4 cm³/mol. The molecule has 17 heavy (non-hydrogen) atoms. The monoisotopic (exact) mass is 255 g/mol. The minimum Gasteiger partial charge on any atom is -0.330 e. The average molecular weight is 255 g/mol. The molecule has 0 radical (unpaired) electrons. The summed E-state index contributed by atoms with van der Waals surface area (Å²) in [7, 11) is 0. The zero-order chi connectivity index (χ0) is 13.1. The van der Waals surface area contributed by atoms with E-state index in [1.165, 1.54) is 15.6 Å². The van der Waals surface area contributed by atoms with Gasteiger partial charge in [0.25, 0.3) is 0 Å². The van der Waals surface area contributed by atoms with Gasteiger partial charge in [-0.05, 0) is 32.4 Å². The van der Waals surface area contributed by atoms with Crippen molar-refractivity contribution in [1.29, 1.82) is 0 Å². The molecule has 0 spiro atoms. The van der Waals surface area contributed by atoms with Crippen LogP contribution < -0.4 is 5.73 Å². The van der Waals surface area contributed by atoms with Crippen LogP contribution in [0.25, 0.3) is 0 Å². The Morgan fingerprint density at radius 2 is 2.00 bits per heavy atom. The molecular formula is C13H25N3S. The van der Waals surface area contributed by atoms with Crippen LogP contribution in [0.4, 0.5) is 0 Å². The lowest BCUT2D eigenvalue weighted by Gasteiger charge is -2.30. The SMILES string of the molecule is CCN(Cc1nc(C)c(C)s1)CC(C)(C)CN. The number of thiazole rings is 1. The van der Waals surface area contributed by atoms with Gasteiger partial charge in [0, 0.05) is 11.4 Å². The molecule has 0 bridgehead atoms. The van der Waals surface area contributed by atoms with Crippen LogP contribution in [-0.2, 0) is 6.54 Å². The quantitative estimate of drug-likeness (QED) is 0.849. The number of nitrogens with zero attached hydrogens (tertiary/aromatic N) is 2. The highest BCUT2D eigenvalue weighted by Crippen LogP contribution is 2.20. The van der Waals surface area contributed by atoms with Gasteiger partial charge in [-0.15, -0.1) is 11.3 Å². The summed E-state index contributed by atoms with van der Waals surface area (Å²) in [6.45, 7) is 14.6. The number of hydrogen-bond acceptors (Lipinski definition) is 4. The van der Waals surface area contributed by atoms with Crippen molar-refractivity contribution in [3.8, 4) is 0 Å². The van der Waals surface area contributed by atoms with Crippen molar-refractivity contribution < 1.29 is 0 Å². The van der Waals surface area contributed by atoms with E-state index in [4.69, 9.17) is 5.73 Å². The molecule has 98 valence electrons. The fourth-order valence-electron chi connectivity index (χ4n) is 1.75. The topological polar surface area (TPSA) is 42.2 Å². The van der Waals surface area contributed by atoms with Crippen molar-refractivity contribution in [2.75, 3.05) is 19.6 Å². The minimum absolute atomic E-state index is 0.178. The molecule has 0 saturated heterocycles. The first kappa shape index (κ1) is 14.6. The third kappa shape index (κ3) is 4.37. The largest absolute Gasteiger partial charge is 0.330 e. The Balaban J connectivity index is 2.64. The van der Waals surface area contributed by atoms with Gasteiger partial charge in [0.1, 0.15) is 5.01 Å². The molecule has 0 amide bonds. The maximum atomic E-state index is 5.79. The van der Waals surface area contributed by atoms with Crippen LogP contribution in [0.2, 0.25) is 0 Å². The highest BCUT2D eigenvalue weighted by molar-refractivity contribution is 7.11. The van der Waals surface area contributed by atoms with Crippen molar-refractivity contribution >= 4 is 11.3 Å². The normalized spacial score (nSPS) is 12.4. The van der Waals surface area contributed by atoms with Gasteiger partial charge in [0.15, 0.2) is 0 Å². The van der Waals surface area contributed by atoms with Crippen molar-refractivity contribution in [2.45, 2.75) is 41.2 Å². The van der Waals surface area contributed by atoms with Gasteiger partial charge in [-0.3, -0.25) is 4.90 Å². The third-order valence-corrected chi connectivity index (χ3v) is 4.14. The van der Waals surface area contributed by atoms with Gasteiger partial charge in [-0.2, -0.15) is 0 Å². The molecule has 1 heterocycles. The van der Waals surface area contributed by atoms with E-state index in [0.29, 0.717) is 0 Å². The van der Waals surface area contributed by atoms with Crippen molar-refractivity contribution in [1.82, 2.24) is 9.88 Å². The molecule has 3 nitrogen and oxygen atoms in total. The van der Waals surface area contributed by atoms with Gasteiger partial charge in [0.2, 0.25) is 0 Å². The molecule has 0 fully saturated rings. The van der Waals surface area contributed by atoms with E-state index >= 15 is 0 Å². The lowest BCUT2D eigenvalue weighted by molar-refractivity contribution is 0.183. The number of aromatic nitrogens is 1. The molecule has 1 rings (SSSR count). The predicted octanol–water partition coefficient (Wildman–Crippen LogP) is 2.57. The Morgan fingerprint density at radius 3 is 2.41 bits per heavy atom. The van der Waals surface area contributed by atoms with Gasteiger partial charge in [0.05, 0.1) is 12.2 Å². The summed E-state index contributed by atoms with van der Waals surface area (Å²) in [5.74, 6) is 0. The second-order valence-corrected chi connectivity index (χ2v) is 6.71. The standard InChI is InChI=1S/C13H25N3S/c1-6-16(9-13(4,5)8-14)7-12-15-10(2)11(3)17-12/h6-9,14H2,1-5H3. The van der Waals surface area contributed by atoms with Gasteiger partial charge >= 0.3 is 0 Å². The van der Waals surface area contributed by atoms with Crippen LogP contribution in [0.1, 0.15) is 36.3 Å². The molecular weight excluding hydrogens is 230 g/mol. The minimum atomic E-state index is 0.178. The lowest BCUT2D eigenvalue weighted by Crippen LogP contribution is -2.38. The summed E-state index contributed by atoms with van der Waals surface area (Å²) < 4.78 is 0.